The van der Waals surface area contributed by atoms with Crippen LogP contribution in [0.25, 0.3) is 5.69 Å². The Kier molecular flexibility index (Phi) is 4.62. The fourth-order valence-corrected chi connectivity index (χ4v) is 3.47. The summed E-state index contributed by atoms with van der Waals surface area (Å²) in [6.07, 6.45) is 2.84. The van der Waals surface area contributed by atoms with E-state index < -0.39 is 0 Å². The number of nitrogens with zero attached hydrogens (tertiary/aromatic N) is 2. The lowest BCUT2D eigenvalue weighted by Crippen LogP contribution is -2.23. The number of benzene rings is 1. The molecule has 1 aliphatic rings. The Labute approximate surface area is 145 Å². The van der Waals surface area contributed by atoms with Gasteiger partial charge in [-0.15, -0.1) is 0 Å². The van der Waals surface area contributed by atoms with Crippen molar-refractivity contribution in [2.24, 2.45) is 11.8 Å². The van der Waals surface area contributed by atoms with E-state index in [0.29, 0.717) is 11.8 Å². The minimum absolute atomic E-state index is 0.0924. The van der Waals surface area contributed by atoms with Crippen LogP contribution in [0.3, 0.4) is 0 Å². The van der Waals surface area contributed by atoms with Crippen LogP contribution in [0.1, 0.15) is 74.3 Å². The summed E-state index contributed by atoms with van der Waals surface area (Å²) in [4.78, 5) is 12.8. The van der Waals surface area contributed by atoms with Crippen molar-refractivity contribution >= 4 is 5.78 Å². The molecule has 1 aliphatic carbocycles. The average molecular weight is 324 g/mol. The first-order valence-corrected chi connectivity index (χ1v) is 9.13. The zero-order chi connectivity index (χ0) is 17.4. The van der Waals surface area contributed by atoms with E-state index in [0.717, 1.165) is 36.3 Å². The highest BCUT2D eigenvalue weighted by molar-refractivity contribution is 5.99. The van der Waals surface area contributed by atoms with Crippen molar-refractivity contribution in [1.82, 2.24) is 9.78 Å². The molecule has 0 aliphatic heterocycles. The molecule has 1 unspecified atom stereocenters. The molecule has 0 radical (unpaired) electrons. The predicted octanol–water partition coefficient (Wildman–Crippen LogP) is 4.96. The Morgan fingerprint density at radius 2 is 1.83 bits per heavy atom. The third-order valence-corrected chi connectivity index (χ3v) is 4.98. The number of Topliss-reactive ketones (excluding diaryl/α,β-unsaturated/α-hetero) is 1. The molecule has 0 fully saturated rings. The molecule has 1 heterocycles. The number of carbonyl (C=O) groups excluding carboxylic acids is 1. The molecule has 1 atom stereocenters. The van der Waals surface area contributed by atoms with Gasteiger partial charge < -0.3 is 0 Å². The molecule has 0 saturated carbocycles. The first-order chi connectivity index (χ1) is 11.4. The molecular weight excluding hydrogens is 296 g/mol. The molecule has 2 aromatic rings. The summed E-state index contributed by atoms with van der Waals surface area (Å²) in [5.74, 6) is 1.38. The molecule has 3 heteroatoms. The van der Waals surface area contributed by atoms with Crippen molar-refractivity contribution in [2.45, 2.75) is 59.8 Å². The van der Waals surface area contributed by atoms with E-state index in [9.17, 15) is 4.79 Å². The van der Waals surface area contributed by atoms with Crippen LogP contribution in [0, 0.1) is 11.8 Å². The highest BCUT2D eigenvalue weighted by Crippen LogP contribution is 2.31. The smallest absolute Gasteiger partial charge is 0.184 e. The van der Waals surface area contributed by atoms with Gasteiger partial charge in [0.2, 0.25) is 0 Å². The molecule has 0 amide bonds. The second-order valence-electron chi connectivity index (χ2n) is 7.83. The molecule has 0 spiro atoms. The highest BCUT2D eigenvalue weighted by atomic mass is 16.1. The van der Waals surface area contributed by atoms with Crippen LogP contribution in [-0.4, -0.2) is 15.6 Å². The predicted molar refractivity (Wildman–Crippen MR) is 98.0 cm³/mol. The van der Waals surface area contributed by atoms with Gasteiger partial charge in [-0.1, -0.05) is 46.8 Å². The Morgan fingerprint density at radius 3 is 2.42 bits per heavy atom. The van der Waals surface area contributed by atoms with E-state index in [4.69, 9.17) is 5.10 Å². The summed E-state index contributed by atoms with van der Waals surface area (Å²) in [6.45, 7) is 10.8. The van der Waals surface area contributed by atoms with Crippen LogP contribution in [0.2, 0.25) is 0 Å². The largest absolute Gasteiger partial charge is 0.292 e. The SMILES string of the molecule is CC(C)Cc1nn(-c2ccc(C(C)C)cc2)c2c1CCC(C)C2=O. The summed E-state index contributed by atoms with van der Waals surface area (Å²) in [5, 5.41) is 4.86. The van der Waals surface area contributed by atoms with Gasteiger partial charge in [-0.05, 0) is 48.8 Å². The van der Waals surface area contributed by atoms with Crippen molar-refractivity contribution in [3.05, 3.63) is 46.8 Å². The molecule has 128 valence electrons. The standard InChI is InChI=1S/C21H28N2O/c1-13(2)12-19-18-11-6-15(5)21(24)20(18)23(22-19)17-9-7-16(8-10-17)14(3)4/h7-10,13-15H,6,11-12H2,1-5H3. The van der Waals surface area contributed by atoms with Gasteiger partial charge in [-0.3, -0.25) is 4.79 Å². The normalized spacial score (nSPS) is 17.6. The van der Waals surface area contributed by atoms with E-state index in [1.165, 1.54) is 11.1 Å². The van der Waals surface area contributed by atoms with Gasteiger partial charge in [0.05, 0.1) is 11.4 Å². The molecular formula is C21H28N2O. The quantitative estimate of drug-likeness (QED) is 0.797. The van der Waals surface area contributed by atoms with Crippen LogP contribution in [-0.2, 0) is 12.8 Å². The van der Waals surface area contributed by atoms with Gasteiger partial charge in [0.25, 0.3) is 0 Å². The fraction of sp³-hybridized carbons (Fsp3) is 0.524. The lowest BCUT2D eigenvalue weighted by molar-refractivity contribution is 0.0905. The minimum atomic E-state index is 0.0924. The summed E-state index contributed by atoms with van der Waals surface area (Å²) in [5.41, 5.74) is 5.41. The Bertz CT molecular complexity index is 738. The van der Waals surface area contributed by atoms with Gasteiger partial charge in [-0.2, -0.15) is 5.10 Å². The average Bonchev–Trinajstić information content (AvgIpc) is 2.89. The molecule has 3 rings (SSSR count). The van der Waals surface area contributed by atoms with Crippen molar-refractivity contribution in [3.8, 4) is 5.69 Å². The highest BCUT2D eigenvalue weighted by Gasteiger charge is 2.31. The van der Waals surface area contributed by atoms with Crippen molar-refractivity contribution < 1.29 is 4.79 Å². The zero-order valence-electron chi connectivity index (χ0n) is 15.5. The summed E-state index contributed by atoms with van der Waals surface area (Å²) < 4.78 is 1.90. The minimum Gasteiger partial charge on any atom is -0.292 e. The van der Waals surface area contributed by atoms with Gasteiger partial charge in [0.15, 0.2) is 5.78 Å². The van der Waals surface area contributed by atoms with Crippen LogP contribution in [0.5, 0.6) is 0 Å². The van der Waals surface area contributed by atoms with Crippen LogP contribution in [0.4, 0.5) is 0 Å². The fourth-order valence-electron chi connectivity index (χ4n) is 3.47. The van der Waals surface area contributed by atoms with E-state index in [2.05, 4.69) is 52.0 Å². The topological polar surface area (TPSA) is 34.9 Å². The number of rotatable bonds is 4. The van der Waals surface area contributed by atoms with Crippen LogP contribution < -0.4 is 0 Å². The number of carbonyl (C=O) groups is 1. The summed E-state index contributed by atoms with van der Waals surface area (Å²) in [7, 11) is 0. The Balaban J connectivity index is 2.10. The van der Waals surface area contributed by atoms with Crippen molar-refractivity contribution in [2.75, 3.05) is 0 Å². The molecule has 1 aromatic carbocycles. The molecule has 0 bridgehead atoms. The van der Waals surface area contributed by atoms with Gasteiger partial charge in [-0.25, -0.2) is 4.68 Å². The lowest BCUT2D eigenvalue weighted by atomic mass is 9.85. The maximum atomic E-state index is 12.8. The molecule has 24 heavy (non-hydrogen) atoms. The number of aromatic nitrogens is 2. The van der Waals surface area contributed by atoms with Gasteiger partial charge in [0.1, 0.15) is 5.69 Å². The number of hydrogen-bond acceptors (Lipinski definition) is 2. The van der Waals surface area contributed by atoms with E-state index in [-0.39, 0.29) is 11.7 Å². The van der Waals surface area contributed by atoms with Gasteiger partial charge >= 0.3 is 0 Å². The zero-order valence-corrected chi connectivity index (χ0v) is 15.5. The second-order valence-corrected chi connectivity index (χ2v) is 7.83. The molecule has 0 N–H and O–H groups in total. The van der Waals surface area contributed by atoms with Gasteiger partial charge in [0, 0.05) is 11.5 Å². The molecule has 3 nitrogen and oxygen atoms in total. The number of hydrogen-bond donors (Lipinski definition) is 0. The Morgan fingerprint density at radius 1 is 1.17 bits per heavy atom. The van der Waals surface area contributed by atoms with E-state index in [1.54, 1.807) is 0 Å². The third-order valence-electron chi connectivity index (χ3n) is 4.98. The first-order valence-electron chi connectivity index (χ1n) is 9.13. The molecule has 0 saturated heterocycles. The van der Waals surface area contributed by atoms with Crippen LogP contribution in [0.15, 0.2) is 24.3 Å². The maximum absolute atomic E-state index is 12.8. The van der Waals surface area contributed by atoms with Crippen molar-refractivity contribution in [3.63, 3.8) is 0 Å². The number of ketones is 1. The molecule has 1 aromatic heterocycles. The van der Waals surface area contributed by atoms with E-state index in [1.807, 2.05) is 11.6 Å². The van der Waals surface area contributed by atoms with E-state index >= 15 is 0 Å². The Hall–Kier alpha value is -1.90. The summed E-state index contributed by atoms with van der Waals surface area (Å²) >= 11 is 0. The monoisotopic (exact) mass is 324 g/mol. The first kappa shape index (κ1) is 16.9. The summed E-state index contributed by atoms with van der Waals surface area (Å²) in [6, 6.07) is 8.47. The third kappa shape index (κ3) is 3.04. The number of fused-ring (bicyclic) bond motifs is 1. The van der Waals surface area contributed by atoms with Crippen molar-refractivity contribution in [1.29, 1.82) is 0 Å². The van der Waals surface area contributed by atoms with Crippen LogP contribution >= 0.6 is 0 Å². The lowest BCUT2D eigenvalue weighted by Gasteiger charge is -2.19. The second kappa shape index (κ2) is 6.54. The maximum Gasteiger partial charge on any atom is 0.184 e.